The van der Waals surface area contributed by atoms with Crippen LogP contribution in [-0.4, -0.2) is 18.7 Å². The molecule has 1 aromatic rings. The molecule has 0 aliphatic carbocycles. The maximum Gasteiger partial charge on any atom is 0.319 e. The Morgan fingerprint density at radius 1 is 1.22 bits per heavy atom. The van der Waals surface area contributed by atoms with E-state index in [0.29, 0.717) is 21.5 Å². The molecular formula is C12H16Cl2N2O2. The Kier molecular flexibility index (Phi) is 4.71. The van der Waals surface area contributed by atoms with Gasteiger partial charge in [0.05, 0.1) is 22.8 Å². The van der Waals surface area contributed by atoms with Crippen LogP contribution in [0.1, 0.15) is 20.8 Å². The Morgan fingerprint density at radius 3 is 2.33 bits per heavy atom. The maximum atomic E-state index is 11.7. The average Bonchev–Trinajstić information content (AvgIpc) is 2.20. The molecule has 1 aromatic carbocycles. The molecule has 0 bridgehead atoms. The van der Waals surface area contributed by atoms with E-state index >= 15 is 0 Å². The SMILES string of the molecule is COc1cc(Cl)c(NC(=O)NC(C)(C)C)cc1Cl. The zero-order valence-electron chi connectivity index (χ0n) is 10.7. The zero-order valence-corrected chi connectivity index (χ0v) is 12.2. The van der Waals surface area contributed by atoms with Gasteiger partial charge in [-0.2, -0.15) is 0 Å². The lowest BCUT2D eigenvalue weighted by Crippen LogP contribution is -2.43. The second kappa shape index (κ2) is 5.67. The smallest absolute Gasteiger partial charge is 0.319 e. The van der Waals surface area contributed by atoms with E-state index in [1.165, 1.54) is 7.11 Å². The highest BCUT2D eigenvalue weighted by Gasteiger charge is 2.15. The molecule has 0 saturated carbocycles. The van der Waals surface area contributed by atoms with Crippen molar-refractivity contribution in [2.24, 2.45) is 0 Å². The number of halogens is 2. The van der Waals surface area contributed by atoms with Crippen LogP contribution < -0.4 is 15.4 Å². The lowest BCUT2D eigenvalue weighted by Gasteiger charge is -2.21. The minimum absolute atomic E-state index is 0.327. The number of benzene rings is 1. The van der Waals surface area contributed by atoms with Crippen LogP contribution in [0.3, 0.4) is 0 Å². The quantitative estimate of drug-likeness (QED) is 0.867. The molecular weight excluding hydrogens is 275 g/mol. The van der Waals surface area contributed by atoms with E-state index in [4.69, 9.17) is 27.9 Å². The van der Waals surface area contributed by atoms with Crippen molar-refractivity contribution in [2.45, 2.75) is 26.3 Å². The number of amides is 2. The molecule has 4 nitrogen and oxygen atoms in total. The first kappa shape index (κ1) is 14.9. The van der Waals surface area contributed by atoms with Crippen molar-refractivity contribution >= 4 is 34.9 Å². The predicted molar refractivity (Wildman–Crippen MR) is 74.9 cm³/mol. The lowest BCUT2D eigenvalue weighted by molar-refractivity contribution is 0.244. The molecule has 0 aliphatic rings. The van der Waals surface area contributed by atoms with Gasteiger partial charge in [0.25, 0.3) is 0 Å². The third kappa shape index (κ3) is 4.27. The van der Waals surface area contributed by atoms with Gasteiger partial charge in [-0.25, -0.2) is 4.79 Å². The van der Waals surface area contributed by atoms with Gasteiger partial charge in [0.2, 0.25) is 0 Å². The minimum Gasteiger partial charge on any atom is -0.495 e. The zero-order chi connectivity index (χ0) is 13.9. The highest BCUT2D eigenvalue weighted by atomic mass is 35.5. The first-order chi connectivity index (χ1) is 8.23. The Labute approximate surface area is 117 Å². The highest BCUT2D eigenvalue weighted by molar-refractivity contribution is 6.36. The fraction of sp³-hybridized carbons (Fsp3) is 0.417. The average molecular weight is 291 g/mol. The summed E-state index contributed by atoms with van der Waals surface area (Å²) in [6.45, 7) is 5.65. The Balaban J connectivity index is 2.86. The van der Waals surface area contributed by atoms with E-state index in [9.17, 15) is 4.79 Å². The van der Waals surface area contributed by atoms with Crippen LogP contribution >= 0.6 is 23.2 Å². The van der Waals surface area contributed by atoms with E-state index < -0.39 is 0 Å². The number of rotatable bonds is 2. The van der Waals surface area contributed by atoms with Crippen LogP contribution in [0.4, 0.5) is 10.5 Å². The van der Waals surface area contributed by atoms with E-state index in [1.807, 2.05) is 20.8 Å². The first-order valence-electron chi connectivity index (χ1n) is 5.35. The minimum atomic E-state index is -0.342. The summed E-state index contributed by atoms with van der Waals surface area (Å²) in [5.41, 5.74) is 0.108. The van der Waals surface area contributed by atoms with Crippen molar-refractivity contribution in [1.82, 2.24) is 5.32 Å². The van der Waals surface area contributed by atoms with Gasteiger partial charge in [-0.05, 0) is 26.8 Å². The van der Waals surface area contributed by atoms with E-state index in [1.54, 1.807) is 12.1 Å². The van der Waals surface area contributed by atoms with Crippen molar-refractivity contribution in [3.63, 3.8) is 0 Å². The number of hydrogen-bond acceptors (Lipinski definition) is 2. The fourth-order valence-corrected chi connectivity index (χ4v) is 1.72. The summed E-state index contributed by atoms with van der Waals surface area (Å²) >= 11 is 12.0. The molecule has 0 aliphatic heterocycles. The normalized spacial score (nSPS) is 11.0. The van der Waals surface area contributed by atoms with Crippen LogP contribution in [0.5, 0.6) is 5.75 Å². The van der Waals surface area contributed by atoms with Crippen LogP contribution in [0.15, 0.2) is 12.1 Å². The molecule has 0 heterocycles. The first-order valence-corrected chi connectivity index (χ1v) is 6.11. The molecule has 100 valence electrons. The molecule has 2 N–H and O–H groups in total. The molecule has 1 rings (SSSR count). The van der Waals surface area contributed by atoms with Crippen LogP contribution in [0, 0.1) is 0 Å². The van der Waals surface area contributed by atoms with Crippen LogP contribution in [-0.2, 0) is 0 Å². The van der Waals surface area contributed by atoms with Gasteiger partial charge in [-0.1, -0.05) is 23.2 Å². The monoisotopic (exact) mass is 290 g/mol. The van der Waals surface area contributed by atoms with Gasteiger partial charge < -0.3 is 15.4 Å². The number of urea groups is 1. The van der Waals surface area contributed by atoms with E-state index in [-0.39, 0.29) is 11.6 Å². The molecule has 0 radical (unpaired) electrons. The Morgan fingerprint density at radius 2 is 1.83 bits per heavy atom. The summed E-state index contributed by atoms with van der Waals surface area (Å²) in [6, 6.07) is 2.76. The number of anilines is 1. The fourth-order valence-electron chi connectivity index (χ4n) is 1.27. The van der Waals surface area contributed by atoms with Crippen LogP contribution in [0.25, 0.3) is 0 Å². The molecule has 0 saturated heterocycles. The third-order valence-corrected chi connectivity index (χ3v) is 2.59. The van der Waals surface area contributed by atoms with Crippen LogP contribution in [0.2, 0.25) is 10.0 Å². The summed E-state index contributed by atoms with van der Waals surface area (Å²) in [4.78, 5) is 11.7. The summed E-state index contributed by atoms with van der Waals surface area (Å²) in [5.74, 6) is 0.462. The topological polar surface area (TPSA) is 50.4 Å². The number of nitrogens with one attached hydrogen (secondary N) is 2. The lowest BCUT2D eigenvalue weighted by atomic mass is 10.1. The largest absolute Gasteiger partial charge is 0.495 e. The summed E-state index contributed by atoms with van der Waals surface area (Å²) in [6.07, 6.45) is 0. The van der Waals surface area contributed by atoms with E-state index in [2.05, 4.69) is 10.6 Å². The standard InChI is InChI=1S/C12H16Cl2N2O2/c1-12(2,3)16-11(17)15-9-5-8(14)10(18-4)6-7(9)13/h5-6H,1-4H3,(H2,15,16,17). The highest BCUT2D eigenvalue weighted by Crippen LogP contribution is 2.33. The number of ether oxygens (including phenoxy) is 1. The predicted octanol–water partition coefficient (Wildman–Crippen LogP) is 3.92. The van der Waals surface area contributed by atoms with Crippen molar-refractivity contribution in [2.75, 3.05) is 12.4 Å². The third-order valence-electron chi connectivity index (χ3n) is 1.98. The van der Waals surface area contributed by atoms with E-state index in [0.717, 1.165) is 0 Å². The van der Waals surface area contributed by atoms with Gasteiger partial charge in [0, 0.05) is 11.6 Å². The summed E-state index contributed by atoms with van der Waals surface area (Å²) in [5, 5.41) is 6.14. The number of methoxy groups -OCH3 is 1. The van der Waals surface area contributed by atoms with Gasteiger partial charge in [-0.3, -0.25) is 0 Å². The van der Waals surface area contributed by atoms with Crippen molar-refractivity contribution in [3.8, 4) is 5.75 Å². The van der Waals surface area contributed by atoms with Gasteiger partial charge in [0.15, 0.2) is 0 Å². The number of hydrogen-bond donors (Lipinski definition) is 2. The number of carbonyl (C=O) groups is 1. The van der Waals surface area contributed by atoms with Crippen molar-refractivity contribution < 1.29 is 9.53 Å². The summed E-state index contributed by atoms with van der Waals surface area (Å²) < 4.78 is 5.02. The van der Waals surface area contributed by atoms with Gasteiger partial charge in [-0.15, -0.1) is 0 Å². The molecule has 6 heteroatoms. The Hall–Kier alpha value is -1.13. The molecule has 2 amide bonds. The Bertz CT molecular complexity index is 456. The molecule has 0 fully saturated rings. The molecule has 0 aromatic heterocycles. The van der Waals surface area contributed by atoms with Gasteiger partial charge in [0.1, 0.15) is 5.75 Å². The second-order valence-corrected chi connectivity index (χ2v) is 5.61. The molecule has 0 spiro atoms. The van der Waals surface area contributed by atoms with Gasteiger partial charge >= 0.3 is 6.03 Å². The molecule has 18 heavy (non-hydrogen) atoms. The second-order valence-electron chi connectivity index (χ2n) is 4.80. The van der Waals surface area contributed by atoms with Crippen molar-refractivity contribution in [3.05, 3.63) is 22.2 Å². The maximum absolute atomic E-state index is 11.7. The molecule has 0 atom stereocenters. The number of carbonyl (C=O) groups excluding carboxylic acids is 1. The molecule has 0 unspecified atom stereocenters. The van der Waals surface area contributed by atoms with Crippen molar-refractivity contribution in [1.29, 1.82) is 0 Å². The summed E-state index contributed by atoms with van der Waals surface area (Å²) in [7, 11) is 1.50.